The molecule has 33 heavy (non-hydrogen) atoms. The Balaban J connectivity index is 1.17. The summed E-state index contributed by atoms with van der Waals surface area (Å²) in [5, 5.41) is 0. The average Bonchev–Trinajstić information content (AvgIpc) is 3.62. The first-order valence-electron chi connectivity index (χ1n) is 11.5. The lowest BCUT2D eigenvalue weighted by Crippen LogP contribution is -2.31. The molecule has 0 saturated carbocycles. The molecule has 0 aliphatic carbocycles. The molecule has 4 unspecified atom stereocenters. The fourth-order valence-corrected chi connectivity index (χ4v) is 5.32. The molecule has 6 rings (SSSR count). The first-order valence-corrected chi connectivity index (χ1v) is 12.9. The second-order valence-corrected chi connectivity index (χ2v) is 11.1. The smallest absolute Gasteiger partial charge is 0.206 e. The molecule has 2 aromatic rings. The van der Waals surface area contributed by atoms with E-state index in [1.807, 2.05) is 24.3 Å². The van der Waals surface area contributed by atoms with E-state index in [2.05, 4.69) is 9.80 Å². The van der Waals surface area contributed by atoms with Gasteiger partial charge in [-0.2, -0.15) is 0 Å². The number of nitrogens with zero attached hydrogens (tertiary/aromatic N) is 2. The van der Waals surface area contributed by atoms with Gasteiger partial charge in [0.2, 0.25) is 9.84 Å². The van der Waals surface area contributed by atoms with Crippen molar-refractivity contribution in [3.8, 4) is 0 Å². The number of hydrogen-bond acceptors (Lipinski definition) is 8. The number of ether oxygens (including phenoxy) is 4. The van der Waals surface area contributed by atoms with E-state index in [1.165, 1.54) is 0 Å². The first kappa shape index (κ1) is 21.4. The summed E-state index contributed by atoms with van der Waals surface area (Å²) in [5.41, 5.74) is 1.96. The summed E-state index contributed by atoms with van der Waals surface area (Å²) < 4.78 is 48.0. The number of hydrogen-bond donors (Lipinski definition) is 0. The predicted molar refractivity (Wildman–Crippen MR) is 122 cm³/mol. The Morgan fingerprint density at radius 2 is 0.848 bits per heavy atom. The van der Waals surface area contributed by atoms with Gasteiger partial charge >= 0.3 is 0 Å². The molecule has 0 N–H and O–H groups in total. The third kappa shape index (κ3) is 5.33. The van der Waals surface area contributed by atoms with Crippen LogP contribution in [0.3, 0.4) is 0 Å². The van der Waals surface area contributed by atoms with E-state index in [0.29, 0.717) is 9.79 Å². The van der Waals surface area contributed by atoms with Crippen LogP contribution in [0.2, 0.25) is 0 Å². The van der Waals surface area contributed by atoms with Crippen LogP contribution < -0.4 is 9.80 Å². The Bertz CT molecular complexity index is 965. The lowest BCUT2D eigenvalue weighted by molar-refractivity contribution is 0.388. The molecule has 4 saturated heterocycles. The van der Waals surface area contributed by atoms with Crippen molar-refractivity contribution >= 4 is 21.2 Å². The molecule has 0 aromatic heterocycles. The van der Waals surface area contributed by atoms with Gasteiger partial charge < -0.3 is 28.7 Å². The van der Waals surface area contributed by atoms with Gasteiger partial charge in [-0.15, -0.1) is 0 Å². The summed E-state index contributed by atoms with van der Waals surface area (Å²) in [4.78, 5) is 5.00. The predicted octanol–water partition coefficient (Wildman–Crippen LogP) is 1.73. The maximum atomic E-state index is 13.2. The molecule has 4 fully saturated rings. The first-order chi connectivity index (χ1) is 16.0. The Morgan fingerprint density at radius 3 is 1.09 bits per heavy atom. The molecular formula is C24H28N2O6S. The molecule has 4 aliphatic heterocycles. The lowest BCUT2D eigenvalue weighted by Gasteiger charge is -2.24. The van der Waals surface area contributed by atoms with Crippen molar-refractivity contribution < 1.29 is 27.4 Å². The molecule has 9 heteroatoms. The maximum absolute atomic E-state index is 13.2. The average molecular weight is 473 g/mol. The van der Waals surface area contributed by atoms with Crippen molar-refractivity contribution in [3.05, 3.63) is 48.5 Å². The van der Waals surface area contributed by atoms with E-state index in [0.717, 1.165) is 64.0 Å². The van der Waals surface area contributed by atoms with Crippen LogP contribution in [0.1, 0.15) is 0 Å². The molecule has 0 bridgehead atoms. The minimum atomic E-state index is -3.60. The fourth-order valence-electron chi connectivity index (χ4n) is 4.06. The van der Waals surface area contributed by atoms with E-state index in [9.17, 15) is 8.42 Å². The Hall–Kier alpha value is -2.17. The number of epoxide rings is 4. The minimum Gasteiger partial charge on any atom is -0.371 e. The highest BCUT2D eigenvalue weighted by Gasteiger charge is 2.32. The maximum Gasteiger partial charge on any atom is 0.206 e. The van der Waals surface area contributed by atoms with Crippen LogP contribution in [0.4, 0.5) is 11.4 Å². The van der Waals surface area contributed by atoms with Gasteiger partial charge in [-0.05, 0) is 48.5 Å². The van der Waals surface area contributed by atoms with Crippen molar-refractivity contribution in [2.45, 2.75) is 34.2 Å². The molecule has 0 radical (unpaired) electrons. The van der Waals surface area contributed by atoms with Crippen molar-refractivity contribution in [2.24, 2.45) is 0 Å². The van der Waals surface area contributed by atoms with Gasteiger partial charge in [0.1, 0.15) is 0 Å². The highest BCUT2D eigenvalue weighted by molar-refractivity contribution is 7.91. The summed E-state index contributed by atoms with van der Waals surface area (Å²) in [5.74, 6) is 0. The zero-order chi connectivity index (χ0) is 22.4. The van der Waals surface area contributed by atoms with Crippen molar-refractivity contribution in [1.29, 1.82) is 0 Å². The second kappa shape index (κ2) is 8.56. The molecular weight excluding hydrogens is 444 g/mol. The summed E-state index contributed by atoms with van der Waals surface area (Å²) >= 11 is 0. The zero-order valence-electron chi connectivity index (χ0n) is 18.3. The van der Waals surface area contributed by atoms with Crippen LogP contribution in [0.5, 0.6) is 0 Å². The van der Waals surface area contributed by atoms with Gasteiger partial charge in [0.25, 0.3) is 0 Å². The molecule has 0 spiro atoms. The minimum absolute atomic E-state index is 0.253. The second-order valence-electron chi connectivity index (χ2n) is 9.12. The molecule has 0 amide bonds. The van der Waals surface area contributed by atoms with Crippen LogP contribution in [0.25, 0.3) is 0 Å². The standard InChI is InChI=1S/C24H28N2O6S/c27-33(28,23-5-1-17(2-6-23)25(9-19-13-29-19)10-20-14-30-20)24-7-3-18(4-8-24)26(11-21-15-31-21)12-22-16-32-22/h1-8,19-22H,9-16H2. The van der Waals surface area contributed by atoms with Crippen LogP contribution >= 0.6 is 0 Å². The normalized spacial score (nSPS) is 27.2. The highest BCUT2D eigenvalue weighted by atomic mass is 32.2. The quantitative estimate of drug-likeness (QED) is 0.432. The van der Waals surface area contributed by atoms with Gasteiger partial charge in [-0.3, -0.25) is 0 Å². The summed E-state index contributed by atoms with van der Waals surface area (Å²) in [6.07, 6.45) is 1.01. The number of sulfone groups is 1. The van der Waals surface area contributed by atoms with E-state index >= 15 is 0 Å². The molecule has 4 atom stereocenters. The third-order valence-corrected chi connectivity index (χ3v) is 8.12. The van der Waals surface area contributed by atoms with Gasteiger partial charge in [0.05, 0.1) is 60.6 Å². The van der Waals surface area contributed by atoms with E-state index in [-0.39, 0.29) is 24.4 Å². The van der Waals surface area contributed by atoms with Gasteiger partial charge in [0.15, 0.2) is 0 Å². The number of anilines is 2. The summed E-state index contributed by atoms with van der Waals surface area (Å²) in [7, 11) is -3.60. The number of rotatable bonds is 12. The highest BCUT2D eigenvalue weighted by Crippen LogP contribution is 2.29. The topological polar surface area (TPSA) is 90.7 Å². The SMILES string of the molecule is O=S(=O)(c1ccc(N(CC2CO2)CC2CO2)cc1)c1ccc(N(CC2CO2)CC2CO2)cc1. The van der Waals surface area contributed by atoms with Crippen LogP contribution in [-0.4, -0.2) is 85.4 Å². The van der Waals surface area contributed by atoms with E-state index in [4.69, 9.17) is 18.9 Å². The summed E-state index contributed by atoms with van der Waals surface area (Å²) in [6, 6.07) is 14.3. The third-order valence-electron chi connectivity index (χ3n) is 6.33. The molecule has 176 valence electrons. The van der Waals surface area contributed by atoms with Crippen molar-refractivity contribution in [2.75, 3.05) is 62.4 Å². The monoisotopic (exact) mass is 472 g/mol. The molecule has 2 aromatic carbocycles. The number of benzene rings is 2. The van der Waals surface area contributed by atoms with Gasteiger partial charge in [-0.1, -0.05) is 0 Å². The Labute approximate surface area is 193 Å². The van der Waals surface area contributed by atoms with E-state index in [1.54, 1.807) is 24.3 Å². The van der Waals surface area contributed by atoms with Gasteiger partial charge in [0, 0.05) is 37.6 Å². The van der Waals surface area contributed by atoms with Crippen LogP contribution in [0, 0.1) is 0 Å². The molecule has 4 aliphatic rings. The molecule has 8 nitrogen and oxygen atoms in total. The fraction of sp³-hybridized carbons (Fsp3) is 0.500. The van der Waals surface area contributed by atoms with Crippen molar-refractivity contribution in [3.63, 3.8) is 0 Å². The van der Waals surface area contributed by atoms with Crippen LogP contribution in [0.15, 0.2) is 58.3 Å². The van der Waals surface area contributed by atoms with Gasteiger partial charge in [-0.25, -0.2) is 8.42 Å². The van der Waals surface area contributed by atoms with Crippen molar-refractivity contribution in [1.82, 2.24) is 0 Å². The Morgan fingerprint density at radius 1 is 0.576 bits per heavy atom. The largest absolute Gasteiger partial charge is 0.371 e. The molecule has 4 heterocycles. The lowest BCUT2D eigenvalue weighted by atomic mass is 10.2. The zero-order valence-corrected chi connectivity index (χ0v) is 19.2. The van der Waals surface area contributed by atoms with Crippen LogP contribution in [-0.2, 0) is 28.8 Å². The summed E-state index contributed by atoms with van der Waals surface area (Å²) in [6.45, 7) is 6.30. The van der Waals surface area contributed by atoms with E-state index < -0.39 is 9.84 Å². The Kier molecular flexibility index (Phi) is 5.54.